The van der Waals surface area contributed by atoms with Crippen molar-refractivity contribution in [2.24, 2.45) is 0 Å². The summed E-state index contributed by atoms with van der Waals surface area (Å²) in [5.74, 6) is 0.856. The SMILES string of the molecule is Clc1ncnc2c1-n1cccc1C(CNCc1ccccc1)N2Cc1ccccc1. The number of anilines is 1. The topological polar surface area (TPSA) is 46.0 Å². The number of aromatic nitrogens is 3. The third-order valence-electron chi connectivity index (χ3n) is 5.47. The Morgan fingerprint density at radius 1 is 0.867 bits per heavy atom. The molecule has 0 amide bonds. The van der Waals surface area contributed by atoms with Crippen LogP contribution in [0.5, 0.6) is 0 Å². The van der Waals surface area contributed by atoms with Gasteiger partial charge in [0.15, 0.2) is 11.0 Å². The van der Waals surface area contributed by atoms with Crippen LogP contribution in [-0.2, 0) is 13.1 Å². The van der Waals surface area contributed by atoms with E-state index < -0.39 is 0 Å². The number of nitrogens with zero attached hydrogens (tertiary/aromatic N) is 4. The molecule has 150 valence electrons. The summed E-state index contributed by atoms with van der Waals surface area (Å²) in [4.78, 5) is 11.2. The van der Waals surface area contributed by atoms with E-state index in [-0.39, 0.29) is 6.04 Å². The van der Waals surface area contributed by atoms with Crippen LogP contribution in [-0.4, -0.2) is 21.1 Å². The standard InChI is InChI=1S/C24H22ClN5/c25-23-22-24(28-17-27-23)30(16-19-10-5-2-6-11-19)21(20-12-7-13-29(20)22)15-26-14-18-8-3-1-4-9-18/h1-13,17,21,26H,14-16H2. The first-order chi connectivity index (χ1) is 14.8. The van der Waals surface area contributed by atoms with Gasteiger partial charge in [0.2, 0.25) is 0 Å². The van der Waals surface area contributed by atoms with E-state index in [1.165, 1.54) is 16.8 Å². The Bertz CT molecular complexity index is 1130. The lowest BCUT2D eigenvalue weighted by Crippen LogP contribution is -2.40. The molecule has 1 aliphatic rings. The van der Waals surface area contributed by atoms with Gasteiger partial charge in [-0.1, -0.05) is 72.3 Å². The van der Waals surface area contributed by atoms with Gasteiger partial charge >= 0.3 is 0 Å². The Hall–Kier alpha value is -3.15. The van der Waals surface area contributed by atoms with Crippen LogP contribution in [0.2, 0.25) is 5.15 Å². The second-order valence-corrected chi connectivity index (χ2v) is 7.74. The third kappa shape index (κ3) is 3.58. The normalized spacial score (nSPS) is 15.0. The van der Waals surface area contributed by atoms with Crippen molar-refractivity contribution >= 4 is 17.4 Å². The summed E-state index contributed by atoms with van der Waals surface area (Å²) in [5.41, 5.74) is 4.51. The zero-order chi connectivity index (χ0) is 20.3. The van der Waals surface area contributed by atoms with Crippen LogP contribution in [0.1, 0.15) is 22.9 Å². The van der Waals surface area contributed by atoms with Crippen molar-refractivity contribution in [2.45, 2.75) is 19.1 Å². The fourth-order valence-corrected chi connectivity index (χ4v) is 4.29. The van der Waals surface area contributed by atoms with Gasteiger partial charge < -0.3 is 14.8 Å². The molecular weight excluding hydrogens is 394 g/mol. The highest BCUT2D eigenvalue weighted by Crippen LogP contribution is 2.40. The number of nitrogens with one attached hydrogen (secondary N) is 1. The molecular formula is C24H22ClN5. The van der Waals surface area contributed by atoms with Gasteiger partial charge in [0.05, 0.1) is 6.04 Å². The Morgan fingerprint density at radius 2 is 1.60 bits per heavy atom. The average molecular weight is 416 g/mol. The quantitative estimate of drug-likeness (QED) is 0.461. The third-order valence-corrected chi connectivity index (χ3v) is 5.75. The monoisotopic (exact) mass is 415 g/mol. The lowest BCUT2D eigenvalue weighted by atomic mass is 10.1. The number of halogens is 1. The molecule has 5 nitrogen and oxygen atoms in total. The molecule has 0 bridgehead atoms. The molecule has 4 aromatic rings. The Kier molecular flexibility index (Phi) is 5.22. The second kappa shape index (κ2) is 8.30. The molecule has 0 saturated carbocycles. The molecule has 0 radical (unpaired) electrons. The van der Waals surface area contributed by atoms with E-state index in [2.05, 4.69) is 85.4 Å². The number of fused-ring (bicyclic) bond motifs is 3. The Labute approximate surface area is 181 Å². The van der Waals surface area contributed by atoms with Crippen molar-refractivity contribution in [2.75, 3.05) is 11.4 Å². The molecule has 3 heterocycles. The minimum absolute atomic E-state index is 0.113. The maximum Gasteiger partial charge on any atom is 0.158 e. The number of hydrogen-bond acceptors (Lipinski definition) is 4. The molecule has 0 saturated heterocycles. The maximum absolute atomic E-state index is 6.51. The minimum atomic E-state index is 0.113. The van der Waals surface area contributed by atoms with Crippen molar-refractivity contribution in [3.63, 3.8) is 0 Å². The van der Waals surface area contributed by atoms with Crippen LogP contribution < -0.4 is 10.2 Å². The number of rotatable bonds is 6. The zero-order valence-electron chi connectivity index (χ0n) is 16.4. The number of benzene rings is 2. The van der Waals surface area contributed by atoms with E-state index in [9.17, 15) is 0 Å². The summed E-state index contributed by atoms with van der Waals surface area (Å²) in [5, 5.41) is 4.10. The smallest absolute Gasteiger partial charge is 0.158 e. The van der Waals surface area contributed by atoms with Crippen LogP contribution in [0.15, 0.2) is 85.3 Å². The summed E-state index contributed by atoms with van der Waals surface area (Å²) in [6.45, 7) is 2.34. The summed E-state index contributed by atoms with van der Waals surface area (Å²) in [7, 11) is 0. The van der Waals surface area contributed by atoms with E-state index >= 15 is 0 Å². The second-order valence-electron chi connectivity index (χ2n) is 7.39. The molecule has 6 heteroatoms. The number of hydrogen-bond donors (Lipinski definition) is 1. The van der Waals surface area contributed by atoms with Gasteiger partial charge in [0, 0.05) is 31.5 Å². The molecule has 1 aliphatic heterocycles. The fraction of sp³-hybridized carbons (Fsp3) is 0.167. The highest BCUT2D eigenvalue weighted by molar-refractivity contribution is 6.31. The Morgan fingerprint density at radius 3 is 2.37 bits per heavy atom. The molecule has 1 atom stereocenters. The van der Waals surface area contributed by atoms with Gasteiger partial charge in [0.1, 0.15) is 12.0 Å². The van der Waals surface area contributed by atoms with Crippen LogP contribution in [0.25, 0.3) is 5.69 Å². The summed E-state index contributed by atoms with van der Waals surface area (Å²) in [6.07, 6.45) is 3.58. The van der Waals surface area contributed by atoms with Gasteiger partial charge in [-0.25, -0.2) is 9.97 Å². The van der Waals surface area contributed by atoms with E-state index in [1.807, 2.05) is 18.3 Å². The molecule has 0 spiro atoms. The van der Waals surface area contributed by atoms with Crippen LogP contribution in [0, 0.1) is 0 Å². The van der Waals surface area contributed by atoms with Crippen molar-refractivity contribution in [3.8, 4) is 5.69 Å². The molecule has 30 heavy (non-hydrogen) atoms. The first-order valence-electron chi connectivity index (χ1n) is 10.0. The molecule has 1 unspecified atom stereocenters. The first kappa shape index (κ1) is 18.9. The average Bonchev–Trinajstić information content (AvgIpc) is 3.26. The minimum Gasteiger partial charge on any atom is -0.341 e. The van der Waals surface area contributed by atoms with E-state index in [1.54, 1.807) is 6.33 Å². The van der Waals surface area contributed by atoms with E-state index in [4.69, 9.17) is 11.6 Å². The molecule has 1 N–H and O–H groups in total. The largest absolute Gasteiger partial charge is 0.341 e. The van der Waals surface area contributed by atoms with Crippen molar-refractivity contribution in [1.82, 2.24) is 19.9 Å². The lowest BCUT2D eigenvalue weighted by Gasteiger charge is -2.39. The zero-order valence-corrected chi connectivity index (χ0v) is 17.2. The van der Waals surface area contributed by atoms with Gasteiger partial charge in [-0.05, 0) is 23.3 Å². The molecule has 5 rings (SSSR count). The van der Waals surface area contributed by atoms with Crippen molar-refractivity contribution in [3.05, 3.63) is 107 Å². The van der Waals surface area contributed by atoms with Crippen molar-refractivity contribution < 1.29 is 0 Å². The molecule has 0 fully saturated rings. The molecule has 0 aliphatic carbocycles. The summed E-state index contributed by atoms with van der Waals surface area (Å²) < 4.78 is 2.12. The van der Waals surface area contributed by atoms with Gasteiger partial charge in [-0.15, -0.1) is 0 Å². The first-order valence-corrected chi connectivity index (χ1v) is 10.4. The van der Waals surface area contributed by atoms with Crippen LogP contribution in [0.4, 0.5) is 5.82 Å². The Balaban J connectivity index is 1.49. The van der Waals surface area contributed by atoms with E-state index in [0.29, 0.717) is 5.15 Å². The van der Waals surface area contributed by atoms with Crippen molar-refractivity contribution in [1.29, 1.82) is 0 Å². The van der Waals surface area contributed by atoms with Crippen LogP contribution >= 0.6 is 11.6 Å². The van der Waals surface area contributed by atoms with Crippen LogP contribution in [0.3, 0.4) is 0 Å². The lowest BCUT2D eigenvalue weighted by molar-refractivity contribution is 0.514. The molecule has 2 aromatic heterocycles. The van der Waals surface area contributed by atoms with E-state index in [0.717, 1.165) is 31.1 Å². The maximum atomic E-state index is 6.51. The highest BCUT2D eigenvalue weighted by Gasteiger charge is 2.33. The predicted molar refractivity (Wildman–Crippen MR) is 120 cm³/mol. The predicted octanol–water partition coefficient (Wildman–Crippen LogP) is 4.77. The highest BCUT2D eigenvalue weighted by atomic mass is 35.5. The van der Waals surface area contributed by atoms with Gasteiger partial charge in [0.25, 0.3) is 0 Å². The van der Waals surface area contributed by atoms with Gasteiger partial charge in [-0.3, -0.25) is 0 Å². The summed E-state index contributed by atoms with van der Waals surface area (Å²) in [6, 6.07) is 25.2. The molecule has 2 aromatic carbocycles. The van der Waals surface area contributed by atoms with Gasteiger partial charge in [-0.2, -0.15) is 0 Å². The summed E-state index contributed by atoms with van der Waals surface area (Å²) >= 11 is 6.51. The fourth-order valence-electron chi connectivity index (χ4n) is 4.07.